The molecule has 0 bridgehead atoms. The van der Waals surface area contributed by atoms with Crippen LogP contribution in [0.15, 0.2) is 52.3 Å². The lowest BCUT2D eigenvalue weighted by Crippen LogP contribution is -1.98. The largest absolute Gasteiger partial charge is 0.381 e. The van der Waals surface area contributed by atoms with Crippen molar-refractivity contribution in [3.8, 4) is 0 Å². The number of halogens is 2. The molecule has 0 amide bonds. The molecule has 0 fully saturated rings. The van der Waals surface area contributed by atoms with Crippen molar-refractivity contribution in [1.29, 1.82) is 0 Å². The van der Waals surface area contributed by atoms with Gasteiger partial charge in [-0.2, -0.15) is 0 Å². The lowest BCUT2D eigenvalue weighted by molar-refractivity contribution is 1.18. The summed E-state index contributed by atoms with van der Waals surface area (Å²) < 4.78 is 2.24. The predicted octanol–water partition coefficient (Wildman–Crippen LogP) is 5.93. The molecule has 0 aliphatic heterocycles. The van der Waals surface area contributed by atoms with Crippen LogP contribution < -0.4 is 5.32 Å². The molecule has 1 N–H and O–H groups in total. The van der Waals surface area contributed by atoms with Crippen LogP contribution in [0.2, 0.25) is 5.02 Å². The van der Waals surface area contributed by atoms with E-state index in [1.54, 1.807) is 11.3 Å². The van der Waals surface area contributed by atoms with Gasteiger partial charge < -0.3 is 5.32 Å². The van der Waals surface area contributed by atoms with Crippen LogP contribution in [0.1, 0.15) is 5.56 Å². The normalized spacial score (nSPS) is 10.8. The van der Waals surface area contributed by atoms with Gasteiger partial charge in [-0.25, -0.2) is 0 Å². The number of hydrogen-bond donors (Lipinski definition) is 1. The molecule has 1 nitrogen and oxygen atoms in total. The van der Waals surface area contributed by atoms with E-state index in [1.165, 1.54) is 15.6 Å². The first-order valence-corrected chi connectivity index (χ1v) is 7.93. The van der Waals surface area contributed by atoms with Crippen molar-refractivity contribution in [1.82, 2.24) is 0 Å². The third kappa shape index (κ3) is 2.78. The smallest absolute Gasteiger partial charge is 0.0549 e. The van der Waals surface area contributed by atoms with Gasteiger partial charge in [0.05, 0.1) is 5.02 Å². The van der Waals surface area contributed by atoms with Crippen molar-refractivity contribution < 1.29 is 0 Å². The molecule has 3 aromatic rings. The van der Waals surface area contributed by atoms with Crippen LogP contribution in [0.5, 0.6) is 0 Å². The van der Waals surface area contributed by atoms with E-state index in [-0.39, 0.29) is 0 Å². The Bertz CT molecular complexity index is 723. The Kier molecular flexibility index (Phi) is 3.78. The molecule has 19 heavy (non-hydrogen) atoms. The summed E-state index contributed by atoms with van der Waals surface area (Å²) in [5, 5.41) is 7.69. The van der Waals surface area contributed by atoms with Gasteiger partial charge in [-0.05, 0) is 56.5 Å². The van der Waals surface area contributed by atoms with Crippen LogP contribution in [-0.2, 0) is 6.54 Å². The Morgan fingerprint density at radius 2 is 2.00 bits per heavy atom. The molecule has 0 spiro atoms. The summed E-state index contributed by atoms with van der Waals surface area (Å²) in [6, 6.07) is 14.4. The molecule has 0 unspecified atom stereocenters. The maximum atomic E-state index is 5.99. The summed E-state index contributed by atoms with van der Waals surface area (Å²) in [4.78, 5) is 0. The van der Waals surface area contributed by atoms with Gasteiger partial charge in [0, 0.05) is 21.4 Å². The Morgan fingerprint density at radius 1 is 1.16 bits per heavy atom. The van der Waals surface area contributed by atoms with Gasteiger partial charge in [0.15, 0.2) is 0 Å². The Morgan fingerprint density at radius 3 is 2.84 bits per heavy atom. The van der Waals surface area contributed by atoms with Gasteiger partial charge in [-0.15, -0.1) is 11.3 Å². The van der Waals surface area contributed by atoms with E-state index in [9.17, 15) is 0 Å². The second kappa shape index (κ2) is 5.53. The van der Waals surface area contributed by atoms with Gasteiger partial charge in [-0.1, -0.05) is 29.8 Å². The van der Waals surface area contributed by atoms with Crippen LogP contribution in [-0.4, -0.2) is 0 Å². The molecule has 0 aliphatic carbocycles. The van der Waals surface area contributed by atoms with Gasteiger partial charge in [0.25, 0.3) is 0 Å². The molecule has 1 heterocycles. The molecular weight excluding hydrogens is 342 g/mol. The topological polar surface area (TPSA) is 12.0 Å². The lowest BCUT2D eigenvalue weighted by atomic mass is 10.2. The Balaban J connectivity index is 1.80. The number of benzene rings is 2. The predicted molar refractivity (Wildman–Crippen MR) is 88.3 cm³/mol. The Labute approximate surface area is 129 Å². The number of fused-ring (bicyclic) bond motifs is 1. The standard InChI is InChI=1S/C15H11BrClNS/c16-13-7-11(5-6-14(13)17)18-8-10-9-19-15-4-2-1-3-12(10)15/h1-7,9,18H,8H2. The molecule has 0 radical (unpaired) electrons. The fraction of sp³-hybridized carbons (Fsp3) is 0.0667. The van der Waals surface area contributed by atoms with Crippen molar-refractivity contribution >= 4 is 54.6 Å². The van der Waals surface area contributed by atoms with Crippen LogP contribution in [0.25, 0.3) is 10.1 Å². The van der Waals surface area contributed by atoms with Crippen LogP contribution in [0.4, 0.5) is 5.69 Å². The average Bonchev–Trinajstić information content (AvgIpc) is 2.83. The fourth-order valence-corrected chi connectivity index (χ4v) is 3.43. The zero-order valence-corrected chi connectivity index (χ0v) is 13.1. The average molecular weight is 353 g/mol. The lowest BCUT2D eigenvalue weighted by Gasteiger charge is -2.07. The molecule has 0 atom stereocenters. The van der Waals surface area contributed by atoms with E-state index in [1.807, 2.05) is 18.2 Å². The highest BCUT2D eigenvalue weighted by Gasteiger charge is 2.04. The highest BCUT2D eigenvalue weighted by molar-refractivity contribution is 9.10. The number of thiophene rings is 1. The van der Waals surface area contributed by atoms with E-state index in [0.717, 1.165) is 21.7 Å². The molecule has 0 saturated heterocycles. The van der Waals surface area contributed by atoms with E-state index in [2.05, 4.69) is 50.9 Å². The zero-order chi connectivity index (χ0) is 13.2. The molecular formula is C15H11BrClNS. The summed E-state index contributed by atoms with van der Waals surface area (Å²) in [6.45, 7) is 0.818. The van der Waals surface area contributed by atoms with Crippen molar-refractivity contribution in [2.45, 2.75) is 6.54 Å². The van der Waals surface area contributed by atoms with Crippen molar-refractivity contribution in [2.75, 3.05) is 5.32 Å². The van der Waals surface area contributed by atoms with Gasteiger partial charge >= 0.3 is 0 Å². The fourth-order valence-electron chi connectivity index (χ4n) is 1.97. The molecule has 0 aliphatic rings. The number of hydrogen-bond acceptors (Lipinski definition) is 2. The second-order valence-electron chi connectivity index (χ2n) is 4.24. The van der Waals surface area contributed by atoms with E-state index in [4.69, 9.17) is 11.6 Å². The summed E-state index contributed by atoms with van der Waals surface area (Å²) >= 11 is 11.2. The summed E-state index contributed by atoms with van der Waals surface area (Å²) in [5.74, 6) is 0. The molecule has 1 aromatic heterocycles. The van der Waals surface area contributed by atoms with Crippen LogP contribution >= 0.6 is 38.9 Å². The molecule has 96 valence electrons. The van der Waals surface area contributed by atoms with Crippen LogP contribution in [0, 0.1) is 0 Å². The van der Waals surface area contributed by atoms with Crippen molar-refractivity contribution in [2.24, 2.45) is 0 Å². The number of nitrogens with one attached hydrogen (secondary N) is 1. The van der Waals surface area contributed by atoms with Crippen molar-refractivity contribution in [3.05, 3.63) is 62.9 Å². The molecule has 2 aromatic carbocycles. The minimum atomic E-state index is 0.728. The summed E-state index contributed by atoms with van der Waals surface area (Å²) in [5.41, 5.74) is 2.39. The monoisotopic (exact) mass is 351 g/mol. The Hall–Kier alpha value is -1.03. The third-order valence-electron chi connectivity index (χ3n) is 2.96. The molecule has 3 rings (SSSR count). The molecule has 0 saturated carbocycles. The van der Waals surface area contributed by atoms with E-state index < -0.39 is 0 Å². The third-order valence-corrected chi connectivity index (χ3v) is 5.19. The highest BCUT2D eigenvalue weighted by Crippen LogP contribution is 2.28. The van der Waals surface area contributed by atoms with Crippen molar-refractivity contribution in [3.63, 3.8) is 0 Å². The van der Waals surface area contributed by atoms with E-state index >= 15 is 0 Å². The zero-order valence-electron chi connectivity index (χ0n) is 9.99. The van der Waals surface area contributed by atoms with Gasteiger partial charge in [-0.3, -0.25) is 0 Å². The summed E-state index contributed by atoms with van der Waals surface area (Å²) in [6.07, 6.45) is 0. The maximum Gasteiger partial charge on any atom is 0.0549 e. The maximum absolute atomic E-state index is 5.99. The molecule has 4 heteroatoms. The highest BCUT2D eigenvalue weighted by atomic mass is 79.9. The van der Waals surface area contributed by atoms with Gasteiger partial charge in [0.2, 0.25) is 0 Å². The first-order valence-electron chi connectivity index (χ1n) is 5.88. The summed E-state index contributed by atoms with van der Waals surface area (Å²) in [7, 11) is 0. The minimum absolute atomic E-state index is 0.728. The van der Waals surface area contributed by atoms with E-state index in [0.29, 0.717) is 0 Å². The second-order valence-corrected chi connectivity index (χ2v) is 6.41. The minimum Gasteiger partial charge on any atom is -0.381 e. The number of rotatable bonds is 3. The first-order chi connectivity index (χ1) is 9.24. The number of anilines is 1. The van der Waals surface area contributed by atoms with Gasteiger partial charge in [0.1, 0.15) is 0 Å². The van der Waals surface area contributed by atoms with Crippen LogP contribution in [0.3, 0.4) is 0 Å². The quantitative estimate of drug-likeness (QED) is 0.616. The SMILES string of the molecule is Clc1ccc(NCc2csc3ccccc23)cc1Br. The first kappa shape index (κ1) is 13.0.